The third kappa shape index (κ3) is 9.12. The molecule has 0 saturated heterocycles. The number of hydrogen-bond donors (Lipinski definition) is 0. The number of nitrogens with zero attached hydrogens (tertiary/aromatic N) is 1. The topological polar surface area (TPSA) is 94.8 Å². The Labute approximate surface area is 398 Å². The molecule has 8 rings (SSSR count). The molecule has 7 nitrogen and oxygen atoms in total. The number of rotatable bonds is 13. The molecule has 0 saturated carbocycles. The molecule has 0 amide bonds. The summed E-state index contributed by atoms with van der Waals surface area (Å²) in [7, 11) is 0. The van der Waals surface area contributed by atoms with Crippen molar-refractivity contribution in [2.45, 2.75) is 13.8 Å². The highest BCUT2D eigenvalue weighted by atomic mass is 19.2. The number of carbonyl (C=O) groups excluding carboxylic acids is 2. The summed E-state index contributed by atoms with van der Waals surface area (Å²) in [6.07, 6.45) is 0. The summed E-state index contributed by atoms with van der Waals surface area (Å²) in [6, 6.07) is 30.2. The molecule has 0 aliphatic rings. The Bertz CT molecular complexity index is 3460. The van der Waals surface area contributed by atoms with Crippen LogP contribution in [-0.4, -0.2) is 11.6 Å². The second kappa shape index (κ2) is 19.7. The van der Waals surface area contributed by atoms with Crippen molar-refractivity contribution in [3.05, 3.63) is 213 Å². The summed E-state index contributed by atoms with van der Waals surface area (Å²) < 4.78 is 197. The quantitative estimate of drug-likeness (QED) is 0.0645. The average molecular weight is 1000 g/mol. The number of Topliss-reactive ketones (excluding diaryl/α,β-unsaturated/α-hetero) is 1. The van der Waals surface area contributed by atoms with Crippen molar-refractivity contribution in [1.82, 2.24) is 0 Å². The van der Waals surface area contributed by atoms with E-state index in [0.717, 1.165) is 19.1 Å². The zero-order valence-corrected chi connectivity index (χ0v) is 36.4. The minimum absolute atomic E-state index is 0.0223. The molecule has 362 valence electrons. The van der Waals surface area contributed by atoms with E-state index in [1.807, 2.05) is 6.07 Å². The van der Waals surface area contributed by atoms with Crippen molar-refractivity contribution >= 4 is 11.6 Å². The maximum Gasteiger partial charge on any atom is 0.205 e. The largest absolute Gasteiger partial charge is 0.456 e. The molecule has 0 atom stereocenters. The number of carbonyl (C=O) groups is 2. The van der Waals surface area contributed by atoms with Crippen LogP contribution < -0.4 is 18.9 Å². The van der Waals surface area contributed by atoms with E-state index >= 15 is 17.6 Å². The Balaban J connectivity index is 0.917. The van der Waals surface area contributed by atoms with Crippen LogP contribution in [0.1, 0.15) is 44.3 Å². The van der Waals surface area contributed by atoms with E-state index in [2.05, 4.69) is 0 Å². The van der Waals surface area contributed by atoms with E-state index < -0.39 is 115 Å². The van der Waals surface area contributed by atoms with Crippen LogP contribution >= 0.6 is 0 Å². The number of nitriles is 1. The molecular weight excluding hydrogens is 975 g/mol. The molecule has 0 N–H and O–H groups in total. The molecule has 19 heteroatoms. The van der Waals surface area contributed by atoms with Gasteiger partial charge in [0.2, 0.25) is 40.6 Å². The smallest absolute Gasteiger partial charge is 0.205 e. The van der Waals surface area contributed by atoms with Crippen LogP contribution in [-0.2, 0) is 0 Å². The van der Waals surface area contributed by atoms with Gasteiger partial charge < -0.3 is 18.9 Å². The summed E-state index contributed by atoms with van der Waals surface area (Å²) in [5, 5.41) is 10.1. The van der Waals surface area contributed by atoms with Crippen molar-refractivity contribution in [3.8, 4) is 74.3 Å². The Morgan fingerprint density at radius 2 is 0.667 bits per heavy atom. The molecule has 0 aliphatic heterocycles. The maximum absolute atomic E-state index is 15.1. The van der Waals surface area contributed by atoms with Crippen LogP contribution in [0.2, 0.25) is 0 Å². The molecule has 0 radical (unpaired) electrons. The third-order valence-electron chi connectivity index (χ3n) is 10.8. The third-order valence-corrected chi connectivity index (χ3v) is 10.8. The van der Waals surface area contributed by atoms with Gasteiger partial charge in [-0.05, 0) is 96.8 Å². The molecule has 0 fully saturated rings. The maximum atomic E-state index is 15.1. The molecule has 0 bridgehead atoms. The molecule has 8 aromatic rings. The highest BCUT2D eigenvalue weighted by molar-refractivity contribution is 6.10. The van der Waals surface area contributed by atoms with Gasteiger partial charge in [-0.2, -0.15) is 22.8 Å². The van der Waals surface area contributed by atoms with Crippen LogP contribution in [0.3, 0.4) is 0 Å². The summed E-state index contributed by atoms with van der Waals surface area (Å²) in [6.45, 7) is 1.37. The first-order valence-electron chi connectivity index (χ1n) is 20.6. The molecule has 0 spiro atoms. The summed E-state index contributed by atoms with van der Waals surface area (Å²) >= 11 is 0. The van der Waals surface area contributed by atoms with Crippen LogP contribution in [0.4, 0.5) is 52.7 Å². The van der Waals surface area contributed by atoms with Crippen LogP contribution in [0.15, 0.2) is 115 Å². The molecule has 8 aromatic carbocycles. The van der Waals surface area contributed by atoms with Gasteiger partial charge in [-0.15, -0.1) is 0 Å². The van der Waals surface area contributed by atoms with E-state index in [1.165, 1.54) is 48.5 Å². The van der Waals surface area contributed by atoms with Gasteiger partial charge in [0, 0.05) is 5.56 Å². The molecule has 0 aromatic heterocycles. The Morgan fingerprint density at radius 3 is 0.958 bits per heavy atom. The van der Waals surface area contributed by atoms with Crippen LogP contribution in [0.25, 0.3) is 22.3 Å². The normalized spacial score (nSPS) is 11.0. The first-order valence-corrected chi connectivity index (χ1v) is 20.6. The predicted molar refractivity (Wildman–Crippen MR) is 232 cm³/mol. The van der Waals surface area contributed by atoms with E-state index in [1.54, 1.807) is 54.6 Å². The second-order valence-corrected chi connectivity index (χ2v) is 15.3. The Morgan fingerprint density at radius 1 is 0.389 bits per heavy atom. The first kappa shape index (κ1) is 49.4. The van der Waals surface area contributed by atoms with Crippen molar-refractivity contribution in [2.24, 2.45) is 0 Å². The van der Waals surface area contributed by atoms with Gasteiger partial charge in [-0.3, -0.25) is 9.59 Å². The highest BCUT2D eigenvalue weighted by Gasteiger charge is 2.36. The predicted octanol–water partition coefficient (Wildman–Crippen LogP) is 15.5. The first-order chi connectivity index (χ1) is 34.3. The van der Waals surface area contributed by atoms with Gasteiger partial charge in [0.25, 0.3) is 0 Å². The molecular formula is C53H25F12NO6. The average Bonchev–Trinajstić information content (AvgIpc) is 3.37. The van der Waals surface area contributed by atoms with Crippen LogP contribution in [0, 0.1) is 88.1 Å². The minimum Gasteiger partial charge on any atom is -0.456 e. The summed E-state index contributed by atoms with van der Waals surface area (Å²) in [5.74, 6) is -32.3. The molecule has 0 unspecified atom stereocenters. The lowest BCUT2D eigenvalue weighted by atomic mass is 9.98. The zero-order chi connectivity index (χ0) is 51.9. The van der Waals surface area contributed by atoms with E-state index in [0.29, 0.717) is 34.9 Å². The number of halogens is 12. The summed E-state index contributed by atoms with van der Waals surface area (Å²) in [5.41, 5.74) is -4.57. The van der Waals surface area contributed by atoms with E-state index in [-0.39, 0.29) is 34.3 Å². The highest BCUT2D eigenvalue weighted by Crippen LogP contribution is 2.40. The van der Waals surface area contributed by atoms with Gasteiger partial charge >= 0.3 is 0 Å². The molecule has 72 heavy (non-hydrogen) atoms. The lowest BCUT2D eigenvalue weighted by Crippen LogP contribution is -2.18. The van der Waals surface area contributed by atoms with E-state index in [4.69, 9.17) is 18.9 Å². The Hall–Kier alpha value is -9.05. The second-order valence-electron chi connectivity index (χ2n) is 15.3. The fourth-order valence-electron chi connectivity index (χ4n) is 7.12. The number of ether oxygens (including phenoxy) is 4. The van der Waals surface area contributed by atoms with Gasteiger partial charge in [0.1, 0.15) is 57.3 Å². The number of hydrogen-bond acceptors (Lipinski definition) is 7. The van der Waals surface area contributed by atoms with Gasteiger partial charge in [0.15, 0.2) is 52.3 Å². The SMILES string of the molecule is CC(=O)c1c(F)c(F)c(Oc2ccc(-c3ccc(Oc4cccc(Oc5ccc(-c6ccc(Oc7c(F)c(F)c(C(=O)c8c(F)c(F)c(C)c(F)c8F)c(F)c7F)cc6)cc5)c4C#N)cc3)cc2)c(F)c1F. The van der Waals surface area contributed by atoms with Crippen molar-refractivity contribution in [3.63, 3.8) is 0 Å². The van der Waals surface area contributed by atoms with Gasteiger partial charge in [-0.25, -0.2) is 35.1 Å². The number of ketones is 2. The zero-order valence-electron chi connectivity index (χ0n) is 36.4. The van der Waals surface area contributed by atoms with E-state index in [9.17, 15) is 50.0 Å². The van der Waals surface area contributed by atoms with Crippen molar-refractivity contribution < 1.29 is 81.2 Å². The monoisotopic (exact) mass is 999 g/mol. The lowest BCUT2D eigenvalue weighted by molar-refractivity contribution is 0.0997. The molecule has 0 heterocycles. The van der Waals surface area contributed by atoms with Crippen molar-refractivity contribution in [1.29, 1.82) is 5.26 Å². The van der Waals surface area contributed by atoms with Gasteiger partial charge in [-0.1, -0.05) is 54.6 Å². The van der Waals surface area contributed by atoms with Gasteiger partial charge in [0.05, 0.1) is 5.56 Å². The standard InChI is InChI=1S/C53H25F12NO6/c1-23-39(54)43(58)37(44(59)40(23)55)51(68)38-45(60)49(64)53(50(65)46(38)61)72-32-20-12-28(13-21-32)26-8-16-30(17-9-26)70-35-5-3-4-34(33(35)22-66)69-29-14-6-25(7-15-29)27-10-18-31(19-11-27)71-52-47(62)41(56)36(24(2)67)42(57)48(52)63/h3-21H,1-2H3. The van der Waals surface area contributed by atoms with Crippen molar-refractivity contribution in [2.75, 3.05) is 0 Å². The summed E-state index contributed by atoms with van der Waals surface area (Å²) in [4.78, 5) is 24.2. The number of benzene rings is 8. The fraction of sp³-hybridized carbons (Fsp3) is 0.0377. The minimum atomic E-state index is -2.46. The fourth-order valence-corrected chi connectivity index (χ4v) is 7.12. The lowest BCUT2D eigenvalue weighted by Gasteiger charge is -2.14. The Kier molecular flexibility index (Phi) is 13.5. The van der Waals surface area contributed by atoms with Crippen LogP contribution in [0.5, 0.6) is 46.0 Å². The molecule has 0 aliphatic carbocycles.